The second-order valence-corrected chi connectivity index (χ2v) is 4.03. The maximum Gasteiger partial charge on any atom is 0.306 e. The summed E-state index contributed by atoms with van der Waals surface area (Å²) < 4.78 is 5.17. The maximum absolute atomic E-state index is 11.4. The van der Waals surface area contributed by atoms with Crippen LogP contribution in [-0.4, -0.2) is 17.9 Å². The van der Waals surface area contributed by atoms with Crippen molar-refractivity contribution < 1.29 is 14.3 Å². The van der Waals surface area contributed by atoms with Gasteiger partial charge in [-0.1, -0.05) is 37.3 Å². The molecule has 0 aliphatic rings. The fraction of sp³-hybridized carbons (Fsp3) is 0.429. The highest BCUT2D eigenvalue weighted by molar-refractivity contribution is 5.83. The van der Waals surface area contributed by atoms with Crippen molar-refractivity contribution in [2.24, 2.45) is 0 Å². The Morgan fingerprint density at radius 2 is 1.88 bits per heavy atom. The molecule has 1 atom stereocenters. The molecule has 0 unspecified atom stereocenters. The average Bonchev–Trinajstić information content (AvgIpc) is 2.29. The van der Waals surface area contributed by atoms with Crippen LogP contribution in [-0.2, 0) is 20.7 Å². The summed E-state index contributed by atoms with van der Waals surface area (Å²) in [5.74, 6) is -0.415. The van der Waals surface area contributed by atoms with E-state index in [9.17, 15) is 9.59 Å². The van der Waals surface area contributed by atoms with Crippen LogP contribution in [0.3, 0.4) is 0 Å². The summed E-state index contributed by atoms with van der Waals surface area (Å²) in [6.07, 6.45) is 0.885. The molecule has 0 aliphatic carbocycles. The van der Waals surface area contributed by atoms with Gasteiger partial charge in [-0.05, 0) is 18.9 Å². The Labute approximate surface area is 102 Å². The van der Waals surface area contributed by atoms with Crippen LogP contribution in [0.2, 0.25) is 0 Å². The number of benzene rings is 1. The molecule has 0 spiro atoms. The van der Waals surface area contributed by atoms with E-state index in [1.807, 2.05) is 37.3 Å². The van der Waals surface area contributed by atoms with Crippen molar-refractivity contribution >= 4 is 11.8 Å². The van der Waals surface area contributed by atoms with Gasteiger partial charge in [0.05, 0.1) is 0 Å². The number of esters is 1. The monoisotopic (exact) mass is 234 g/mol. The van der Waals surface area contributed by atoms with Gasteiger partial charge in [0.15, 0.2) is 11.9 Å². The molecule has 0 radical (unpaired) electrons. The predicted octanol–water partition coefficient (Wildman–Crippen LogP) is 2.53. The summed E-state index contributed by atoms with van der Waals surface area (Å²) in [5.41, 5.74) is 0.997. The molecular weight excluding hydrogens is 216 g/mol. The first-order valence-corrected chi connectivity index (χ1v) is 5.87. The summed E-state index contributed by atoms with van der Waals surface area (Å²) in [6, 6.07) is 9.56. The Kier molecular flexibility index (Phi) is 5.40. The third-order valence-corrected chi connectivity index (χ3v) is 2.45. The fourth-order valence-corrected chi connectivity index (χ4v) is 1.52. The van der Waals surface area contributed by atoms with E-state index < -0.39 is 6.10 Å². The van der Waals surface area contributed by atoms with Crippen molar-refractivity contribution in [3.8, 4) is 0 Å². The fourth-order valence-electron chi connectivity index (χ4n) is 1.52. The molecule has 0 saturated heterocycles. The van der Waals surface area contributed by atoms with E-state index in [0.717, 1.165) is 12.0 Å². The molecule has 1 rings (SSSR count). The van der Waals surface area contributed by atoms with Crippen molar-refractivity contribution in [2.45, 2.75) is 39.2 Å². The van der Waals surface area contributed by atoms with Crippen LogP contribution in [0.15, 0.2) is 30.3 Å². The van der Waals surface area contributed by atoms with Gasteiger partial charge in [0, 0.05) is 12.8 Å². The highest BCUT2D eigenvalue weighted by Crippen LogP contribution is 2.08. The van der Waals surface area contributed by atoms with Crippen molar-refractivity contribution in [3.05, 3.63) is 35.9 Å². The Morgan fingerprint density at radius 1 is 1.24 bits per heavy atom. The minimum atomic E-state index is -0.656. The van der Waals surface area contributed by atoms with Crippen LogP contribution >= 0.6 is 0 Å². The first-order valence-electron chi connectivity index (χ1n) is 5.87. The normalized spacial score (nSPS) is 11.9. The van der Waals surface area contributed by atoms with Crippen molar-refractivity contribution in [2.75, 3.05) is 0 Å². The van der Waals surface area contributed by atoms with Gasteiger partial charge in [-0.3, -0.25) is 9.59 Å². The molecule has 17 heavy (non-hydrogen) atoms. The maximum atomic E-state index is 11.4. The highest BCUT2D eigenvalue weighted by atomic mass is 16.5. The highest BCUT2D eigenvalue weighted by Gasteiger charge is 2.19. The molecule has 0 heterocycles. The molecule has 0 N–H and O–H groups in total. The van der Waals surface area contributed by atoms with Crippen LogP contribution in [0.25, 0.3) is 0 Å². The molecule has 0 aromatic heterocycles. The van der Waals surface area contributed by atoms with Crippen LogP contribution in [0.5, 0.6) is 0 Å². The molecule has 0 fully saturated rings. The second-order valence-electron chi connectivity index (χ2n) is 4.03. The van der Waals surface area contributed by atoms with Gasteiger partial charge in [-0.2, -0.15) is 0 Å². The number of ketones is 1. The van der Waals surface area contributed by atoms with Gasteiger partial charge in [0.1, 0.15) is 0 Å². The lowest BCUT2D eigenvalue weighted by Gasteiger charge is -2.15. The Hall–Kier alpha value is -1.64. The average molecular weight is 234 g/mol. The van der Waals surface area contributed by atoms with Gasteiger partial charge in [-0.15, -0.1) is 0 Å². The lowest BCUT2D eigenvalue weighted by atomic mass is 10.1. The predicted molar refractivity (Wildman–Crippen MR) is 65.6 cm³/mol. The Balaban J connectivity index is 2.61. The zero-order valence-electron chi connectivity index (χ0n) is 10.3. The zero-order valence-corrected chi connectivity index (χ0v) is 10.3. The van der Waals surface area contributed by atoms with Crippen molar-refractivity contribution in [1.82, 2.24) is 0 Å². The lowest BCUT2D eigenvalue weighted by Crippen LogP contribution is -2.27. The quantitative estimate of drug-likeness (QED) is 0.710. The van der Waals surface area contributed by atoms with Crippen molar-refractivity contribution in [1.29, 1.82) is 0 Å². The largest absolute Gasteiger partial charge is 0.454 e. The van der Waals surface area contributed by atoms with Crippen LogP contribution in [0.1, 0.15) is 32.3 Å². The van der Waals surface area contributed by atoms with E-state index in [2.05, 4.69) is 0 Å². The van der Waals surface area contributed by atoms with Gasteiger partial charge in [0.25, 0.3) is 0 Å². The minimum absolute atomic E-state index is 0.113. The van der Waals surface area contributed by atoms with Gasteiger partial charge in [0.2, 0.25) is 0 Å². The number of ether oxygens (including phenoxy) is 1. The topological polar surface area (TPSA) is 43.4 Å². The third kappa shape index (κ3) is 4.81. The van der Waals surface area contributed by atoms with Crippen LogP contribution in [0.4, 0.5) is 0 Å². The third-order valence-electron chi connectivity index (χ3n) is 2.45. The standard InChI is InChI=1S/C14H18O3/c1-3-7-14(16)17-13(11(2)15)10-12-8-5-4-6-9-12/h4-6,8-9,13H,3,7,10H2,1-2H3/t13-/m0/s1. The minimum Gasteiger partial charge on any atom is -0.454 e. The van der Waals surface area contributed by atoms with E-state index in [-0.39, 0.29) is 11.8 Å². The molecule has 0 saturated carbocycles. The lowest BCUT2D eigenvalue weighted by molar-refractivity contribution is -0.154. The number of carbonyl (C=O) groups excluding carboxylic acids is 2. The summed E-state index contributed by atoms with van der Waals surface area (Å²) in [6.45, 7) is 3.36. The Morgan fingerprint density at radius 3 is 2.41 bits per heavy atom. The van der Waals surface area contributed by atoms with Crippen molar-refractivity contribution in [3.63, 3.8) is 0 Å². The molecular formula is C14H18O3. The summed E-state index contributed by atoms with van der Waals surface area (Å²) in [5, 5.41) is 0. The van der Waals surface area contributed by atoms with Crippen LogP contribution < -0.4 is 0 Å². The van der Waals surface area contributed by atoms with Gasteiger partial charge in [-0.25, -0.2) is 0 Å². The van der Waals surface area contributed by atoms with E-state index >= 15 is 0 Å². The summed E-state index contributed by atoms with van der Waals surface area (Å²) >= 11 is 0. The number of carbonyl (C=O) groups is 2. The first kappa shape index (κ1) is 13.4. The molecule has 1 aromatic rings. The molecule has 92 valence electrons. The van der Waals surface area contributed by atoms with Crippen LogP contribution in [0, 0.1) is 0 Å². The molecule has 1 aromatic carbocycles. The van der Waals surface area contributed by atoms with E-state index in [4.69, 9.17) is 4.74 Å². The number of hydrogen-bond acceptors (Lipinski definition) is 3. The molecule has 3 nitrogen and oxygen atoms in total. The summed E-state index contributed by atoms with van der Waals surface area (Å²) in [7, 11) is 0. The number of rotatable bonds is 6. The van der Waals surface area contributed by atoms with E-state index in [0.29, 0.717) is 12.8 Å². The SMILES string of the molecule is CCCC(=O)O[C@@H](Cc1ccccc1)C(C)=O. The number of Topliss-reactive ketones (excluding diaryl/α,β-unsaturated/α-hetero) is 1. The van der Waals surface area contributed by atoms with Gasteiger partial charge < -0.3 is 4.74 Å². The molecule has 0 aliphatic heterocycles. The smallest absolute Gasteiger partial charge is 0.306 e. The van der Waals surface area contributed by atoms with Gasteiger partial charge >= 0.3 is 5.97 Å². The molecule has 0 bridgehead atoms. The summed E-state index contributed by atoms with van der Waals surface area (Å²) in [4.78, 5) is 22.8. The molecule has 3 heteroatoms. The Bertz CT molecular complexity index is 370. The van der Waals surface area contributed by atoms with E-state index in [1.165, 1.54) is 6.92 Å². The number of hydrogen-bond donors (Lipinski definition) is 0. The second kappa shape index (κ2) is 6.84. The molecule has 0 amide bonds. The van der Waals surface area contributed by atoms with E-state index in [1.54, 1.807) is 0 Å². The first-order chi connectivity index (χ1) is 8.13. The zero-order chi connectivity index (χ0) is 12.7.